The van der Waals surface area contributed by atoms with Crippen LogP contribution in [0.5, 0.6) is 0 Å². The van der Waals surface area contributed by atoms with Gasteiger partial charge in [0.15, 0.2) is 0 Å². The highest BCUT2D eigenvalue weighted by Gasteiger charge is 2.33. The highest BCUT2D eigenvalue weighted by molar-refractivity contribution is 5.93. The Morgan fingerprint density at radius 3 is 2.88 bits per heavy atom. The average Bonchev–Trinajstić information content (AvgIpc) is 3.16. The lowest BCUT2D eigenvalue weighted by molar-refractivity contribution is 0.0840. The average molecular weight is 339 g/mol. The molecule has 0 aliphatic carbocycles. The Labute approximate surface area is 146 Å². The van der Waals surface area contributed by atoms with E-state index in [2.05, 4.69) is 15.4 Å². The molecule has 1 N–H and O–H groups in total. The van der Waals surface area contributed by atoms with Gasteiger partial charge in [0.05, 0.1) is 17.4 Å². The summed E-state index contributed by atoms with van der Waals surface area (Å²) in [5.74, 6) is 0.0131. The second-order valence-electron chi connectivity index (χ2n) is 6.30. The van der Waals surface area contributed by atoms with Crippen LogP contribution < -0.4 is 5.32 Å². The summed E-state index contributed by atoms with van der Waals surface area (Å²) < 4.78 is 7.81. The van der Waals surface area contributed by atoms with Gasteiger partial charge in [-0.15, -0.1) is 0 Å². The number of amides is 1. The molecule has 2 atom stereocenters. The molecule has 0 aromatic carbocycles. The lowest BCUT2D eigenvalue weighted by Crippen LogP contribution is -2.30. The van der Waals surface area contributed by atoms with Crippen LogP contribution in [-0.2, 0) is 11.8 Å². The first-order chi connectivity index (χ1) is 12.0. The van der Waals surface area contributed by atoms with E-state index in [1.165, 1.54) is 6.20 Å². The number of hydrogen-bond donors (Lipinski definition) is 1. The molecule has 2 aromatic heterocycles. The Bertz CT molecular complexity index is 819. The van der Waals surface area contributed by atoms with E-state index in [0.29, 0.717) is 24.4 Å². The second-order valence-corrected chi connectivity index (χ2v) is 6.30. The van der Waals surface area contributed by atoms with Crippen LogP contribution in [0.25, 0.3) is 0 Å². The normalized spacial score (nSPS) is 19.6. The van der Waals surface area contributed by atoms with E-state index < -0.39 is 0 Å². The second kappa shape index (κ2) is 7.03. The van der Waals surface area contributed by atoms with E-state index >= 15 is 0 Å². The molecule has 1 amide bonds. The molecule has 0 bridgehead atoms. The summed E-state index contributed by atoms with van der Waals surface area (Å²) in [7, 11) is 1.93. The predicted molar refractivity (Wildman–Crippen MR) is 90.8 cm³/mol. The predicted octanol–water partition coefficient (Wildman–Crippen LogP) is 1.81. The molecule has 7 nitrogen and oxygen atoms in total. The number of carbonyl (C=O) groups is 1. The van der Waals surface area contributed by atoms with Crippen LogP contribution in [-0.4, -0.2) is 33.8 Å². The van der Waals surface area contributed by atoms with Gasteiger partial charge >= 0.3 is 0 Å². The standard InChI is InChI=1S/C18H21N5O2/c1-11-16(12(2)23(3)22-11)17-13(6-7-25-17)9-21-18(24)14-4-5-15(8-19)20-10-14/h4-5,10,13,17H,6-7,9H2,1-3H3,(H,21,24)/t13-,17+/m1/s1. The van der Waals surface area contributed by atoms with Crippen LogP contribution in [0.15, 0.2) is 18.3 Å². The van der Waals surface area contributed by atoms with Crippen LogP contribution in [0, 0.1) is 31.1 Å². The Morgan fingerprint density at radius 1 is 1.48 bits per heavy atom. The molecule has 0 unspecified atom stereocenters. The van der Waals surface area contributed by atoms with E-state index in [1.807, 2.05) is 31.6 Å². The van der Waals surface area contributed by atoms with Gasteiger partial charge in [-0.25, -0.2) is 4.98 Å². The number of ether oxygens (including phenoxy) is 1. The SMILES string of the molecule is Cc1nn(C)c(C)c1[C@H]1OCC[C@@H]1CNC(=O)c1ccc(C#N)nc1. The smallest absolute Gasteiger partial charge is 0.252 e. The number of rotatable bonds is 4. The lowest BCUT2D eigenvalue weighted by Gasteiger charge is -2.19. The van der Waals surface area contributed by atoms with Crippen molar-refractivity contribution in [3.05, 3.63) is 46.5 Å². The van der Waals surface area contributed by atoms with Crippen molar-refractivity contribution in [1.82, 2.24) is 20.1 Å². The van der Waals surface area contributed by atoms with Gasteiger partial charge in [-0.3, -0.25) is 9.48 Å². The molecule has 7 heteroatoms. The zero-order chi connectivity index (χ0) is 18.0. The molecule has 2 aromatic rings. The van der Waals surface area contributed by atoms with Gasteiger partial charge in [-0.1, -0.05) is 0 Å². The quantitative estimate of drug-likeness (QED) is 0.917. The number of nitrogens with one attached hydrogen (secondary N) is 1. The molecule has 1 fully saturated rings. The molecule has 0 saturated carbocycles. The van der Waals surface area contributed by atoms with Gasteiger partial charge in [0, 0.05) is 43.6 Å². The van der Waals surface area contributed by atoms with Gasteiger partial charge in [-0.2, -0.15) is 10.4 Å². The molecule has 1 aliphatic rings. The monoisotopic (exact) mass is 339 g/mol. The van der Waals surface area contributed by atoms with Crippen molar-refractivity contribution in [3.63, 3.8) is 0 Å². The summed E-state index contributed by atoms with van der Waals surface area (Å²) in [6.45, 7) is 5.23. The molecule has 1 saturated heterocycles. The Kier molecular flexibility index (Phi) is 4.81. The Hall–Kier alpha value is -2.72. The Balaban J connectivity index is 1.67. The number of aromatic nitrogens is 3. The summed E-state index contributed by atoms with van der Waals surface area (Å²) in [6.07, 6.45) is 2.27. The highest BCUT2D eigenvalue weighted by Crippen LogP contribution is 2.37. The van der Waals surface area contributed by atoms with Crippen molar-refractivity contribution in [2.75, 3.05) is 13.2 Å². The fourth-order valence-electron chi connectivity index (χ4n) is 3.28. The first-order valence-corrected chi connectivity index (χ1v) is 8.27. The molecular weight excluding hydrogens is 318 g/mol. The van der Waals surface area contributed by atoms with E-state index in [-0.39, 0.29) is 17.9 Å². The van der Waals surface area contributed by atoms with Crippen molar-refractivity contribution in [3.8, 4) is 6.07 Å². The first kappa shape index (κ1) is 17.1. The van der Waals surface area contributed by atoms with Gasteiger partial charge in [0.1, 0.15) is 11.8 Å². The number of hydrogen-bond acceptors (Lipinski definition) is 5. The molecule has 130 valence electrons. The minimum atomic E-state index is -0.192. The fourth-order valence-corrected chi connectivity index (χ4v) is 3.28. The maximum absolute atomic E-state index is 12.3. The summed E-state index contributed by atoms with van der Waals surface area (Å²) in [6, 6.07) is 5.09. The molecule has 1 aliphatic heterocycles. The number of aryl methyl sites for hydroxylation is 2. The number of nitrogens with zero attached hydrogens (tertiary/aromatic N) is 4. The summed E-state index contributed by atoms with van der Waals surface area (Å²) in [4.78, 5) is 16.2. The van der Waals surface area contributed by atoms with Crippen molar-refractivity contribution < 1.29 is 9.53 Å². The molecule has 3 rings (SSSR count). The molecule has 0 spiro atoms. The lowest BCUT2D eigenvalue weighted by atomic mass is 9.94. The zero-order valence-electron chi connectivity index (χ0n) is 14.6. The van der Waals surface area contributed by atoms with E-state index in [0.717, 1.165) is 23.4 Å². The maximum Gasteiger partial charge on any atom is 0.252 e. The van der Waals surface area contributed by atoms with E-state index in [4.69, 9.17) is 10.00 Å². The molecule has 25 heavy (non-hydrogen) atoms. The van der Waals surface area contributed by atoms with Crippen molar-refractivity contribution >= 4 is 5.91 Å². The fraction of sp³-hybridized carbons (Fsp3) is 0.444. The van der Waals surface area contributed by atoms with Crippen molar-refractivity contribution in [2.45, 2.75) is 26.4 Å². The van der Waals surface area contributed by atoms with Gasteiger partial charge < -0.3 is 10.1 Å². The summed E-state index contributed by atoms with van der Waals surface area (Å²) in [5, 5.41) is 16.2. The van der Waals surface area contributed by atoms with Gasteiger partial charge in [0.2, 0.25) is 0 Å². The third-order valence-corrected chi connectivity index (χ3v) is 4.73. The number of carbonyl (C=O) groups excluding carboxylic acids is 1. The van der Waals surface area contributed by atoms with Gasteiger partial charge in [0.25, 0.3) is 5.91 Å². The first-order valence-electron chi connectivity index (χ1n) is 8.27. The number of pyridine rings is 1. The van der Waals surface area contributed by atoms with Crippen molar-refractivity contribution in [1.29, 1.82) is 5.26 Å². The summed E-state index contributed by atoms with van der Waals surface area (Å²) in [5.41, 5.74) is 3.93. The number of nitriles is 1. The third kappa shape index (κ3) is 3.39. The molecule has 3 heterocycles. The van der Waals surface area contributed by atoms with Crippen LogP contribution in [0.2, 0.25) is 0 Å². The largest absolute Gasteiger partial charge is 0.373 e. The van der Waals surface area contributed by atoms with Crippen molar-refractivity contribution in [2.24, 2.45) is 13.0 Å². The van der Waals surface area contributed by atoms with Crippen LogP contribution in [0.1, 0.15) is 45.5 Å². The summed E-state index contributed by atoms with van der Waals surface area (Å²) >= 11 is 0. The minimum absolute atomic E-state index is 0.0481. The van der Waals surface area contributed by atoms with Crippen LogP contribution in [0.3, 0.4) is 0 Å². The van der Waals surface area contributed by atoms with Gasteiger partial charge in [-0.05, 0) is 32.4 Å². The van der Waals surface area contributed by atoms with Crippen LogP contribution >= 0.6 is 0 Å². The topological polar surface area (TPSA) is 92.8 Å². The highest BCUT2D eigenvalue weighted by atomic mass is 16.5. The molecule has 0 radical (unpaired) electrons. The minimum Gasteiger partial charge on any atom is -0.373 e. The zero-order valence-corrected chi connectivity index (χ0v) is 14.6. The Morgan fingerprint density at radius 2 is 2.28 bits per heavy atom. The van der Waals surface area contributed by atoms with E-state index in [1.54, 1.807) is 12.1 Å². The molecular formula is C18H21N5O2. The maximum atomic E-state index is 12.3. The van der Waals surface area contributed by atoms with E-state index in [9.17, 15) is 4.79 Å². The van der Waals surface area contributed by atoms with Crippen LogP contribution in [0.4, 0.5) is 0 Å². The third-order valence-electron chi connectivity index (χ3n) is 4.73.